The maximum Gasteiger partial charge on any atom is 0.251 e. The maximum absolute atomic E-state index is 12.6. The molecular formula is C23H20N2O2S. The minimum Gasteiger partial charge on any atom is -0.457 e. The van der Waals surface area contributed by atoms with Gasteiger partial charge in [0.25, 0.3) is 5.91 Å². The molecule has 0 aliphatic rings. The number of benzene rings is 3. The Morgan fingerprint density at radius 1 is 1.00 bits per heavy atom. The molecule has 0 bridgehead atoms. The highest BCUT2D eigenvalue weighted by Crippen LogP contribution is 2.24. The molecule has 0 saturated heterocycles. The third-order valence-corrected chi connectivity index (χ3v) is 5.49. The Balaban J connectivity index is 1.42. The summed E-state index contributed by atoms with van der Waals surface area (Å²) >= 11 is 1.64. The van der Waals surface area contributed by atoms with Crippen LogP contribution >= 0.6 is 11.3 Å². The van der Waals surface area contributed by atoms with E-state index in [2.05, 4.69) is 17.2 Å². The van der Waals surface area contributed by atoms with Crippen molar-refractivity contribution in [2.45, 2.75) is 19.9 Å². The number of carbonyl (C=O) groups is 1. The normalized spacial score (nSPS) is 10.8. The summed E-state index contributed by atoms with van der Waals surface area (Å²) in [6.45, 7) is 2.52. The van der Waals surface area contributed by atoms with Crippen molar-refractivity contribution in [3.8, 4) is 11.5 Å². The first-order chi connectivity index (χ1) is 13.7. The van der Waals surface area contributed by atoms with Gasteiger partial charge in [0.2, 0.25) is 0 Å². The number of aromatic nitrogens is 1. The van der Waals surface area contributed by atoms with Crippen LogP contribution in [0.1, 0.15) is 27.9 Å². The van der Waals surface area contributed by atoms with E-state index in [0.717, 1.165) is 38.7 Å². The second kappa shape index (κ2) is 8.23. The lowest BCUT2D eigenvalue weighted by Gasteiger charge is -2.09. The molecule has 140 valence electrons. The average molecular weight is 388 g/mol. The number of aryl methyl sites for hydroxylation is 1. The smallest absolute Gasteiger partial charge is 0.251 e. The van der Waals surface area contributed by atoms with Crippen molar-refractivity contribution in [3.63, 3.8) is 0 Å². The molecule has 0 atom stereocenters. The van der Waals surface area contributed by atoms with E-state index in [4.69, 9.17) is 4.74 Å². The summed E-state index contributed by atoms with van der Waals surface area (Å²) in [4.78, 5) is 17.1. The summed E-state index contributed by atoms with van der Waals surface area (Å²) in [5.74, 6) is 1.44. The highest BCUT2D eigenvalue weighted by atomic mass is 32.1. The molecule has 5 heteroatoms. The predicted octanol–water partition coefficient (Wildman–Crippen LogP) is 5.58. The Labute approximate surface area is 167 Å². The van der Waals surface area contributed by atoms with E-state index >= 15 is 0 Å². The van der Waals surface area contributed by atoms with Gasteiger partial charge in [0.15, 0.2) is 0 Å². The maximum atomic E-state index is 12.6. The Hall–Kier alpha value is -3.18. The summed E-state index contributed by atoms with van der Waals surface area (Å²) in [7, 11) is 0. The highest BCUT2D eigenvalue weighted by molar-refractivity contribution is 7.18. The van der Waals surface area contributed by atoms with Gasteiger partial charge in [0, 0.05) is 12.1 Å². The number of para-hydroxylation sites is 1. The number of hydrogen-bond acceptors (Lipinski definition) is 4. The van der Waals surface area contributed by atoms with Crippen molar-refractivity contribution in [3.05, 3.63) is 88.9 Å². The zero-order chi connectivity index (χ0) is 19.3. The van der Waals surface area contributed by atoms with Crippen molar-refractivity contribution >= 4 is 27.5 Å². The van der Waals surface area contributed by atoms with Crippen LogP contribution in [0.4, 0.5) is 0 Å². The summed E-state index contributed by atoms with van der Waals surface area (Å²) in [6.07, 6.45) is 0.905. The Morgan fingerprint density at radius 2 is 1.82 bits per heavy atom. The van der Waals surface area contributed by atoms with E-state index in [1.807, 2.05) is 72.8 Å². The Morgan fingerprint density at radius 3 is 2.64 bits per heavy atom. The van der Waals surface area contributed by atoms with E-state index in [1.54, 1.807) is 11.3 Å². The SMILES string of the molecule is CCc1nc2ccc(C(=O)NCc3cccc(Oc4ccccc4)c3)cc2s1. The standard InChI is InChI=1S/C23H20N2O2S/c1-2-22-25-20-12-11-17(14-21(20)28-22)23(26)24-15-16-7-6-10-19(13-16)27-18-8-4-3-5-9-18/h3-14H,2,15H2,1H3,(H,24,26). The van der Waals surface area contributed by atoms with E-state index in [0.29, 0.717) is 12.1 Å². The minimum atomic E-state index is -0.0947. The van der Waals surface area contributed by atoms with E-state index in [1.165, 1.54) is 0 Å². The molecule has 0 radical (unpaired) electrons. The van der Waals surface area contributed by atoms with Gasteiger partial charge in [-0.3, -0.25) is 4.79 Å². The van der Waals surface area contributed by atoms with Gasteiger partial charge in [-0.2, -0.15) is 0 Å². The molecule has 1 aromatic heterocycles. The monoisotopic (exact) mass is 388 g/mol. The molecule has 4 nitrogen and oxygen atoms in total. The Kier molecular flexibility index (Phi) is 5.35. The van der Waals surface area contributed by atoms with Crippen LogP contribution in [-0.4, -0.2) is 10.9 Å². The number of hydrogen-bond donors (Lipinski definition) is 1. The largest absolute Gasteiger partial charge is 0.457 e. The van der Waals surface area contributed by atoms with Crippen LogP contribution in [0.15, 0.2) is 72.8 Å². The molecule has 1 heterocycles. The molecule has 0 saturated carbocycles. The molecule has 1 N–H and O–H groups in total. The van der Waals surface area contributed by atoms with E-state index < -0.39 is 0 Å². The molecule has 0 spiro atoms. The zero-order valence-electron chi connectivity index (χ0n) is 15.5. The summed E-state index contributed by atoms with van der Waals surface area (Å²) in [5.41, 5.74) is 2.58. The Bertz CT molecular complexity index is 1110. The zero-order valence-corrected chi connectivity index (χ0v) is 16.3. The topological polar surface area (TPSA) is 51.2 Å². The number of amides is 1. The number of nitrogens with zero attached hydrogens (tertiary/aromatic N) is 1. The second-order valence-corrected chi connectivity index (χ2v) is 7.50. The van der Waals surface area contributed by atoms with Gasteiger partial charge in [0.1, 0.15) is 11.5 Å². The predicted molar refractivity (Wildman–Crippen MR) is 113 cm³/mol. The van der Waals surface area contributed by atoms with Crippen molar-refractivity contribution in [2.24, 2.45) is 0 Å². The lowest BCUT2D eigenvalue weighted by Crippen LogP contribution is -2.22. The molecule has 0 aliphatic heterocycles. The van der Waals surface area contributed by atoms with Crippen molar-refractivity contribution in [2.75, 3.05) is 0 Å². The number of nitrogens with one attached hydrogen (secondary N) is 1. The van der Waals surface area contributed by atoms with Crippen LogP contribution in [0.5, 0.6) is 11.5 Å². The first-order valence-electron chi connectivity index (χ1n) is 9.21. The molecular weight excluding hydrogens is 368 g/mol. The van der Waals surface area contributed by atoms with E-state index in [-0.39, 0.29) is 5.91 Å². The molecule has 4 rings (SSSR count). The van der Waals surface area contributed by atoms with E-state index in [9.17, 15) is 4.79 Å². The summed E-state index contributed by atoms with van der Waals surface area (Å²) in [5, 5.41) is 4.07. The van der Waals surface area contributed by atoms with Gasteiger partial charge in [-0.25, -0.2) is 4.98 Å². The van der Waals surface area contributed by atoms with Crippen LogP contribution in [0.25, 0.3) is 10.2 Å². The molecule has 0 unspecified atom stereocenters. The molecule has 0 fully saturated rings. The summed E-state index contributed by atoms with van der Waals surface area (Å²) < 4.78 is 6.90. The number of fused-ring (bicyclic) bond motifs is 1. The highest BCUT2D eigenvalue weighted by Gasteiger charge is 2.09. The summed E-state index contributed by atoms with van der Waals surface area (Å²) in [6, 6.07) is 23.0. The van der Waals surface area contributed by atoms with Gasteiger partial charge in [-0.1, -0.05) is 37.3 Å². The van der Waals surface area contributed by atoms with Gasteiger partial charge < -0.3 is 10.1 Å². The number of ether oxygens (including phenoxy) is 1. The van der Waals surface area contributed by atoms with Crippen LogP contribution in [0.3, 0.4) is 0 Å². The van der Waals surface area contributed by atoms with Crippen molar-refractivity contribution in [1.29, 1.82) is 0 Å². The second-order valence-electron chi connectivity index (χ2n) is 6.39. The fourth-order valence-corrected chi connectivity index (χ4v) is 3.84. The number of carbonyl (C=O) groups excluding carboxylic acids is 1. The molecule has 4 aromatic rings. The van der Waals surface area contributed by atoms with Crippen LogP contribution < -0.4 is 10.1 Å². The van der Waals surface area contributed by atoms with Gasteiger partial charge in [-0.15, -0.1) is 11.3 Å². The first kappa shape index (κ1) is 18.2. The van der Waals surface area contributed by atoms with Gasteiger partial charge in [0.05, 0.1) is 15.2 Å². The molecule has 1 amide bonds. The number of rotatable bonds is 6. The molecule has 3 aromatic carbocycles. The van der Waals surface area contributed by atoms with Gasteiger partial charge >= 0.3 is 0 Å². The fourth-order valence-electron chi connectivity index (χ4n) is 2.89. The quantitative estimate of drug-likeness (QED) is 0.469. The van der Waals surface area contributed by atoms with Gasteiger partial charge in [-0.05, 0) is 54.4 Å². The van der Waals surface area contributed by atoms with Crippen molar-refractivity contribution < 1.29 is 9.53 Å². The fraction of sp³-hybridized carbons (Fsp3) is 0.130. The van der Waals surface area contributed by atoms with Crippen molar-refractivity contribution in [1.82, 2.24) is 10.3 Å². The molecule has 28 heavy (non-hydrogen) atoms. The third kappa shape index (κ3) is 4.21. The molecule has 0 aliphatic carbocycles. The lowest BCUT2D eigenvalue weighted by atomic mass is 10.1. The minimum absolute atomic E-state index is 0.0947. The number of thiazole rings is 1. The third-order valence-electron chi connectivity index (χ3n) is 4.33. The van der Waals surface area contributed by atoms with Crippen LogP contribution in [0, 0.1) is 0 Å². The lowest BCUT2D eigenvalue weighted by molar-refractivity contribution is 0.0951. The van der Waals surface area contributed by atoms with Crippen LogP contribution in [-0.2, 0) is 13.0 Å². The average Bonchev–Trinajstić information content (AvgIpc) is 3.15. The first-order valence-corrected chi connectivity index (χ1v) is 10.0. The van der Waals surface area contributed by atoms with Crippen LogP contribution in [0.2, 0.25) is 0 Å².